The highest BCUT2D eigenvalue weighted by molar-refractivity contribution is 5.26. The predicted molar refractivity (Wildman–Crippen MR) is 524 cm³/mol. The summed E-state index contributed by atoms with van der Waals surface area (Å²) in [5.74, 6) is 29.3. The first kappa shape index (κ1) is 96.1. The molecule has 120 heavy (non-hydrogen) atoms. The molecule has 25 aliphatic carbocycles. The van der Waals surface area contributed by atoms with E-state index in [1.807, 2.05) is 0 Å². The van der Waals surface area contributed by atoms with Gasteiger partial charge in [0.15, 0.2) is 0 Å². The topological polar surface area (TPSA) is 0 Å². The van der Waals surface area contributed by atoms with Gasteiger partial charge in [-0.25, -0.2) is 0 Å². The van der Waals surface area contributed by atoms with Gasteiger partial charge in [0.2, 0.25) is 0 Å². The van der Waals surface area contributed by atoms with Gasteiger partial charge in [0, 0.05) is 0 Å². The average Bonchev–Trinajstić information content (AvgIpc) is 1.47. The van der Waals surface area contributed by atoms with Crippen LogP contribution in [0.15, 0.2) is 0 Å². The van der Waals surface area contributed by atoms with Crippen LogP contribution < -0.4 is 0 Å². The van der Waals surface area contributed by atoms with E-state index in [0.717, 1.165) is 170 Å². The van der Waals surface area contributed by atoms with E-state index in [9.17, 15) is 0 Å². The molecule has 23 unspecified atom stereocenters. The molecule has 694 valence electrons. The molecule has 0 nitrogen and oxygen atoms in total. The van der Waals surface area contributed by atoms with Crippen molar-refractivity contribution >= 4 is 0 Å². The Hall–Kier alpha value is 0. The van der Waals surface area contributed by atoms with E-state index in [4.69, 9.17) is 0 Å². The van der Waals surface area contributed by atoms with Crippen molar-refractivity contribution in [2.24, 2.45) is 230 Å². The van der Waals surface area contributed by atoms with Crippen LogP contribution in [0.3, 0.4) is 0 Å². The van der Waals surface area contributed by atoms with E-state index in [2.05, 4.69) is 187 Å². The summed E-state index contributed by atoms with van der Waals surface area (Å²) in [5.41, 5.74) is 8.57. The SMILES string of the molecule is CC(C)(C)C12CC3CC(CC(C3)C1)C2.CC(C)(C)C1CC2CC23CC13.CC(C)(C)C1CC2CCCC(CCC2)C1.CC(C)(C)C1CC2CCCC1CC2.CC(C)(C)C1CC2CCCCC(C2)C1.CC(C)(C)C1CCC23CCC2CC13.CC(C)(C)C1CCC2CCC1C2.CC(C)(C)C1CCC2CCC23CCC13.CC(C)(C)C1CCC2CCCC1CC2. The van der Waals surface area contributed by atoms with Crippen molar-refractivity contribution in [1.29, 1.82) is 0 Å². The Morgan fingerprint density at radius 3 is 0.950 bits per heavy atom. The molecule has 0 amide bonds. The number of hydrogen-bond acceptors (Lipinski definition) is 0. The first-order chi connectivity index (χ1) is 55.9. The molecule has 0 aromatic carbocycles. The van der Waals surface area contributed by atoms with Crippen LogP contribution in [0.4, 0.5) is 0 Å². The number of hydrogen-bond donors (Lipinski definition) is 0. The van der Waals surface area contributed by atoms with Crippen molar-refractivity contribution in [2.45, 2.75) is 527 Å². The molecule has 0 N–H and O–H groups in total. The van der Waals surface area contributed by atoms with Gasteiger partial charge in [-0.2, -0.15) is 0 Å². The summed E-state index contributed by atoms with van der Waals surface area (Å²) < 4.78 is 0. The second-order valence-corrected chi connectivity index (χ2v) is 60.5. The third-order valence-corrected chi connectivity index (χ3v) is 44.4. The second-order valence-electron chi connectivity index (χ2n) is 60.5. The highest BCUT2D eigenvalue weighted by Crippen LogP contribution is 2.85. The van der Waals surface area contributed by atoms with Crippen LogP contribution in [-0.2, 0) is 0 Å². The molecule has 0 heteroatoms. The van der Waals surface area contributed by atoms with Crippen LogP contribution in [0.1, 0.15) is 527 Å². The summed E-state index contributed by atoms with van der Waals surface area (Å²) in [4.78, 5) is 0. The van der Waals surface area contributed by atoms with Crippen LogP contribution in [0, 0.1) is 230 Å². The first-order valence-corrected chi connectivity index (χ1v) is 55.9. The largest absolute Gasteiger partial charge is 0.0599 e. The summed E-state index contributed by atoms with van der Waals surface area (Å²) in [6, 6.07) is 0. The van der Waals surface area contributed by atoms with Gasteiger partial charge in [-0.05, 0) is 436 Å². The van der Waals surface area contributed by atoms with E-state index in [-0.39, 0.29) is 0 Å². The fraction of sp³-hybridized carbons (Fsp3) is 1.00. The zero-order chi connectivity index (χ0) is 86.6. The van der Waals surface area contributed by atoms with Gasteiger partial charge < -0.3 is 0 Å². The summed E-state index contributed by atoms with van der Waals surface area (Å²) in [7, 11) is 0. The molecule has 0 heterocycles. The minimum absolute atomic E-state index is 0.547. The molecule has 0 saturated heterocycles. The fourth-order valence-electron chi connectivity index (χ4n) is 36.8. The zero-order valence-electron chi connectivity index (χ0n) is 86.6. The minimum Gasteiger partial charge on any atom is -0.0599 e. The van der Waals surface area contributed by atoms with E-state index >= 15 is 0 Å². The molecule has 3 spiro atoms. The summed E-state index contributed by atoms with van der Waals surface area (Å²) in [6.45, 7) is 66.1. The van der Waals surface area contributed by atoms with Crippen molar-refractivity contribution in [3.63, 3.8) is 0 Å². The molecule has 25 rings (SSSR count). The fourth-order valence-corrected chi connectivity index (χ4v) is 36.8. The van der Waals surface area contributed by atoms with Crippen LogP contribution in [0.25, 0.3) is 0 Å². The highest BCUT2D eigenvalue weighted by atomic mass is 14.8. The summed E-state index contributed by atoms with van der Waals surface area (Å²) >= 11 is 0. The Bertz CT molecular complexity index is 3090. The van der Waals surface area contributed by atoms with Crippen LogP contribution in [0.5, 0.6) is 0 Å². The van der Waals surface area contributed by atoms with Crippen LogP contribution in [-0.4, -0.2) is 0 Å². The number of fused-ring (bicyclic) bond motifs is 17. The molecule has 25 fully saturated rings. The normalized spacial score (nSPS) is 45.6. The summed E-state index contributed by atoms with van der Waals surface area (Å²) in [5, 5.41) is 0. The average molecular weight is 1660 g/mol. The Labute approximate surface area is 752 Å². The van der Waals surface area contributed by atoms with Gasteiger partial charge in [-0.1, -0.05) is 322 Å². The van der Waals surface area contributed by atoms with E-state index < -0.39 is 0 Å². The minimum atomic E-state index is 0.547. The molecule has 0 aromatic heterocycles. The molecular weight excluding hydrogens is 1440 g/mol. The van der Waals surface area contributed by atoms with Gasteiger partial charge in [-0.3, -0.25) is 0 Å². The molecule has 14 bridgehead atoms. The quantitative estimate of drug-likeness (QED) is 0.227. The third-order valence-electron chi connectivity index (χ3n) is 44.4. The third kappa shape index (κ3) is 22.0. The second kappa shape index (κ2) is 36.9. The predicted octanol–water partition coefficient (Wildman–Crippen LogP) is 37.8. The Kier molecular flexibility index (Phi) is 29.5. The van der Waals surface area contributed by atoms with Gasteiger partial charge in [0.1, 0.15) is 0 Å². The van der Waals surface area contributed by atoms with Gasteiger partial charge in [0.05, 0.1) is 0 Å². The van der Waals surface area contributed by atoms with E-state index in [0.29, 0.717) is 48.7 Å². The number of rotatable bonds is 0. The van der Waals surface area contributed by atoms with E-state index in [1.54, 1.807) is 128 Å². The molecule has 0 aromatic rings. The lowest BCUT2D eigenvalue weighted by Gasteiger charge is -2.68. The van der Waals surface area contributed by atoms with Gasteiger partial charge in [-0.15, -0.1) is 0 Å². The van der Waals surface area contributed by atoms with Crippen molar-refractivity contribution < 1.29 is 0 Å². The first-order valence-electron chi connectivity index (χ1n) is 55.9. The van der Waals surface area contributed by atoms with Crippen LogP contribution in [0.2, 0.25) is 0 Å². The smallest absolute Gasteiger partial charge is 0.0232 e. The van der Waals surface area contributed by atoms with Crippen LogP contribution >= 0.6 is 0 Å². The van der Waals surface area contributed by atoms with Crippen molar-refractivity contribution in [3.05, 3.63) is 0 Å². The monoisotopic (exact) mass is 1660 g/mol. The van der Waals surface area contributed by atoms with E-state index in [1.165, 1.54) is 224 Å². The molecule has 0 radical (unpaired) electrons. The maximum absolute atomic E-state index is 2.49. The van der Waals surface area contributed by atoms with Gasteiger partial charge in [0.25, 0.3) is 0 Å². The Morgan fingerprint density at radius 2 is 0.542 bits per heavy atom. The highest BCUT2D eigenvalue weighted by Gasteiger charge is 2.77. The summed E-state index contributed by atoms with van der Waals surface area (Å²) in [6.07, 6.45) is 81.8. The van der Waals surface area contributed by atoms with Gasteiger partial charge >= 0.3 is 0 Å². The maximum atomic E-state index is 2.49. The Balaban J connectivity index is 0.000000111. The van der Waals surface area contributed by atoms with Crippen molar-refractivity contribution in [3.8, 4) is 0 Å². The van der Waals surface area contributed by atoms with Crippen molar-refractivity contribution in [1.82, 2.24) is 0 Å². The molecular formula is C120H214. The molecule has 0 aliphatic heterocycles. The standard InChI is InChI=1S/C15H28.2C14H24.2C14H26.C13H22.C13H24.C12H22.C11H18/c1-15(2,3)14-10-12-6-4-7-13(11-14)9-5-8-12;1-13(2,3)14-7-10-4-11(8-14)6-12(5-10)9-14;1-13(2,3)11-5-4-10-6-8-14(10)9-7-12(11)14;1-14(2,3)13-10-8-11-5-4-6-12(13)9-7-11;1-14(2,3)13-9-11-6-4-5-7-12(8-11)10-13;1-12(2,3)10-5-7-13-6-4-9(13)8-11(10)13;1-13(2,3)12-9-10-5-4-6-11(12)8-7-10;1-12(2,3)11-7-5-9-4-6-10(11)8-9;1-10(2,3)8-4-7-5-11(7)6-9(8)11/h12-14H,4-11H2,1-3H3;2*10-12H,4-9H2,1-3H3;2*11-13H,4-10H2,1-3H3;9-11H,4-8H2,1-3H3;10-12H,4-9H2,1-3H3;9-11H,4-8H2,1-3H3;7-9H,4-6H2,1-3H3. The zero-order valence-corrected chi connectivity index (χ0v) is 86.6. The molecule has 25 aliphatic rings. The maximum Gasteiger partial charge on any atom is -0.0232 e. The lowest BCUT2D eigenvalue weighted by atomic mass is 9.37. The van der Waals surface area contributed by atoms with Crippen molar-refractivity contribution in [2.75, 3.05) is 0 Å². The Morgan fingerprint density at radius 1 is 0.175 bits per heavy atom. The lowest BCUT2D eigenvalue weighted by Crippen LogP contribution is -2.59. The lowest BCUT2D eigenvalue weighted by molar-refractivity contribution is -0.187. The molecule has 25 saturated carbocycles. The molecule has 23 atom stereocenters.